The highest BCUT2D eigenvalue weighted by Gasteiger charge is 1.79. The SMILES string of the molecule is CC.CC.CC.CC.CCN.[C-]#[N+]c1ccccc1. The van der Waals surface area contributed by atoms with Gasteiger partial charge in [0.05, 0.1) is 6.57 Å². The lowest BCUT2D eigenvalue weighted by molar-refractivity contribution is 1.14. The van der Waals surface area contributed by atoms with Crippen LogP contribution in [0.1, 0.15) is 62.3 Å². The molecule has 0 radical (unpaired) electrons. The Morgan fingerprint density at radius 2 is 1.11 bits per heavy atom. The van der Waals surface area contributed by atoms with Gasteiger partial charge in [0.2, 0.25) is 0 Å². The van der Waals surface area contributed by atoms with Crippen LogP contribution >= 0.6 is 0 Å². The van der Waals surface area contributed by atoms with Crippen LogP contribution in [-0.2, 0) is 0 Å². The van der Waals surface area contributed by atoms with Crippen LogP contribution in [0.15, 0.2) is 30.3 Å². The fraction of sp³-hybridized carbons (Fsp3) is 0.588. The highest BCUT2D eigenvalue weighted by molar-refractivity contribution is 5.42. The van der Waals surface area contributed by atoms with E-state index in [0.717, 1.165) is 6.54 Å². The fourth-order valence-electron chi connectivity index (χ4n) is 0.503. The zero-order valence-electron chi connectivity index (χ0n) is 14.6. The Morgan fingerprint density at radius 3 is 1.26 bits per heavy atom. The number of rotatable bonds is 0. The summed E-state index contributed by atoms with van der Waals surface area (Å²) in [6.07, 6.45) is 0. The van der Waals surface area contributed by atoms with Crippen LogP contribution in [-0.4, -0.2) is 6.54 Å². The van der Waals surface area contributed by atoms with Gasteiger partial charge in [0.15, 0.2) is 5.69 Å². The molecule has 1 aromatic rings. The van der Waals surface area contributed by atoms with Crippen molar-refractivity contribution in [2.24, 2.45) is 5.73 Å². The second-order valence-electron chi connectivity index (χ2n) is 1.86. The van der Waals surface area contributed by atoms with Gasteiger partial charge in [-0.2, -0.15) is 0 Å². The minimum Gasteiger partial charge on any atom is -0.331 e. The van der Waals surface area contributed by atoms with Gasteiger partial charge < -0.3 is 5.73 Å². The van der Waals surface area contributed by atoms with Crippen molar-refractivity contribution in [1.82, 2.24) is 0 Å². The normalized spacial score (nSPS) is 5.53. The first kappa shape index (κ1) is 30.6. The lowest BCUT2D eigenvalue weighted by Gasteiger charge is -1.80. The van der Waals surface area contributed by atoms with E-state index in [1.165, 1.54) is 0 Å². The molecule has 0 atom stereocenters. The average molecular weight is 268 g/mol. The van der Waals surface area contributed by atoms with Gasteiger partial charge in [-0.3, -0.25) is 0 Å². The maximum Gasteiger partial charge on any atom is 0.187 e. The number of benzene rings is 1. The molecule has 1 rings (SSSR count). The van der Waals surface area contributed by atoms with Crippen LogP contribution in [0.4, 0.5) is 5.69 Å². The minimum absolute atomic E-state index is 0.701. The number of nitrogens with zero attached hydrogens (tertiary/aromatic N) is 1. The zero-order valence-corrected chi connectivity index (χ0v) is 14.6. The fourth-order valence-corrected chi connectivity index (χ4v) is 0.503. The summed E-state index contributed by atoms with van der Waals surface area (Å²) in [5, 5.41) is 0. The van der Waals surface area contributed by atoms with Gasteiger partial charge in [-0.1, -0.05) is 92.6 Å². The third-order valence-corrected chi connectivity index (χ3v) is 0.885. The molecule has 0 aromatic heterocycles. The molecular formula is C17H36N2. The predicted octanol–water partition coefficient (Wildman–Crippen LogP) is 6.31. The third-order valence-electron chi connectivity index (χ3n) is 0.885. The van der Waals surface area contributed by atoms with Crippen LogP contribution in [0.2, 0.25) is 0 Å². The smallest absolute Gasteiger partial charge is 0.187 e. The molecule has 1 aromatic carbocycles. The number of nitrogens with two attached hydrogens (primary N) is 1. The first-order valence-corrected chi connectivity index (χ1v) is 7.47. The highest BCUT2D eigenvalue weighted by atomic mass is 14.6. The van der Waals surface area contributed by atoms with E-state index in [1.807, 2.05) is 80.5 Å². The Balaban J connectivity index is -0.0000000508. The standard InChI is InChI=1S/C7H5N.C2H7N.4C2H6/c1-8-7-5-3-2-4-6-7;1-2-3;4*1-2/h2-6H;2-3H2,1H3;4*1-2H3. The Labute approximate surface area is 122 Å². The second kappa shape index (κ2) is 54.5. The van der Waals surface area contributed by atoms with Crippen molar-refractivity contribution >= 4 is 5.69 Å². The summed E-state index contributed by atoms with van der Waals surface area (Å²) >= 11 is 0. The van der Waals surface area contributed by atoms with Gasteiger partial charge >= 0.3 is 0 Å². The van der Waals surface area contributed by atoms with E-state index in [9.17, 15) is 0 Å². The topological polar surface area (TPSA) is 30.4 Å². The first-order chi connectivity index (χ1) is 9.35. The van der Waals surface area contributed by atoms with Crippen molar-refractivity contribution in [3.8, 4) is 0 Å². The molecule has 19 heavy (non-hydrogen) atoms. The van der Waals surface area contributed by atoms with Crippen LogP contribution in [0.3, 0.4) is 0 Å². The van der Waals surface area contributed by atoms with Crippen LogP contribution in [0, 0.1) is 6.57 Å². The maximum absolute atomic E-state index is 6.57. The summed E-state index contributed by atoms with van der Waals surface area (Å²) in [6.45, 7) is 25.2. The van der Waals surface area contributed by atoms with Crippen molar-refractivity contribution in [1.29, 1.82) is 0 Å². The summed E-state index contributed by atoms with van der Waals surface area (Å²) < 4.78 is 0. The van der Waals surface area contributed by atoms with Crippen molar-refractivity contribution in [3.63, 3.8) is 0 Å². The molecule has 0 bridgehead atoms. The molecule has 0 aliphatic carbocycles. The molecule has 2 nitrogen and oxygen atoms in total. The average Bonchev–Trinajstić information content (AvgIpc) is 2.56. The zero-order chi connectivity index (χ0) is 16.5. The van der Waals surface area contributed by atoms with Gasteiger partial charge in [-0.25, -0.2) is 4.85 Å². The Hall–Kier alpha value is -1.33. The maximum atomic E-state index is 6.57. The molecule has 0 aliphatic heterocycles. The van der Waals surface area contributed by atoms with E-state index in [2.05, 4.69) is 4.85 Å². The van der Waals surface area contributed by atoms with Crippen molar-refractivity contribution in [3.05, 3.63) is 41.7 Å². The van der Waals surface area contributed by atoms with Crippen LogP contribution in [0.25, 0.3) is 4.85 Å². The van der Waals surface area contributed by atoms with E-state index < -0.39 is 0 Å². The molecule has 0 amide bonds. The van der Waals surface area contributed by atoms with Crippen molar-refractivity contribution < 1.29 is 0 Å². The molecule has 0 aliphatic rings. The van der Waals surface area contributed by atoms with Crippen LogP contribution < -0.4 is 5.73 Å². The van der Waals surface area contributed by atoms with E-state index in [1.54, 1.807) is 12.1 Å². The lowest BCUT2D eigenvalue weighted by Crippen LogP contribution is -1.87. The molecule has 2 heteroatoms. The van der Waals surface area contributed by atoms with Crippen molar-refractivity contribution in [2.75, 3.05) is 6.54 Å². The Kier molecular flexibility index (Phi) is 87.7. The summed E-state index contributed by atoms with van der Waals surface area (Å²) in [6, 6.07) is 9.18. The molecule has 0 unspecified atom stereocenters. The third kappa shape index (κ3) is 47.7. The molecule has 0 saturated carbocycles. The summed E-state index contributed by atoms with van der Waals surface area (Å²) in [5.41, 5.74) is 5.55. The minimum atomic E-state index is 0.701. The Morgan fingerprint density at radius 1 is 0.842 bits per heavy atom. The molecule has 0 heterocycles. The largest absolute Gasteiger partial charge is 0.331 e. The van der Waals surface area contributed by atoms with E-state index in [4.69, 9.17) is 12.3 Å². The monoisotopic (exact) mass is 268 g/mol. The van der Waals surface area contributed by atoms with E-state index >= 15 is 0 Å². The highest BCUT2D eigenvalue weighted by Crippen LogP contribution is 2.07. The molecule has 114 valence electrons. The quantitative estimate of drug-likeness (QED) is 0.549. The second-order valence-corrected chi connectivity index (χ2v) is 1.86. The first-order valence-electron chi connectivity index (χ1n) is 7.47. The summed E-state index contributed by atoms with van der Waals surface area (Å²) in [7, 11) is 0. The van der Waals surface area contributed by atoms with Crippen LogP contribution in [0.5, 0.6) is 0 Å². The number of para-hydroxylation sites is 1. The molecular weight excluding hydrogens is 232 g/mol. The lowest BCUT2D eigenvalue weighted by atomic mass is 10.3. The van der Waals surface area contributed by atoms with Gasteiger partial charge in [-0.15, -0.1) is 0 Å². The van der Waals surface area contributed by atoms with Gasteiger partial charge in [0.1, 0.15) is 0 Å². The molecule has 0 spiro atoms. The number of hydrogen-bond acceptors (Lipinski definition) is 1. The predicted molar refractivity (Wildman–Crippen MR) is 92.8 cm³/mol. The molecule has 0 fully saturated rings. The van der Waals surface area contributed by atoms with Gasteiger partial charge in [-0.05, 0) is 6.54 Å². The van der Waals surface area contributed by atoms with Gasteiger partial charge in [0.25, 0.3) is 0 Å². The molecule has 0 saturated heterocycles. The van der Waals surface area contributed by atoms with E-state index in [0.29, 0.717) is 5.69 Å². The van der Waals surface area contributed by atoms with E-state index in [-0.39, 0.29) is 0 Å². The number of hydrogen-bond donors (Lipinski definition) is 1. The Bertz CT molecular complexity index is 212. The summed E-state index contributed by atoms with van der Waals surface area (Å²) in [4.78, 5) is 3.22. The van der Waals surface area contributed by atoms with Crippen molar-refractivity contribution in [2.45, 2.75) is 62.3 Å². The van der Waals surface area contributed by atoms with Gasteiger partial charge in [0, 0.05) is 0 Å². The molecule has 2 N–H and O–H groups in total. The summed E-state index contributed by atoms with van der Waals surface area (Å²) in [5.74, 6) is 0.